The summed E-state index contributed by atoms with van der Waals surface area (Å²) in [6, 6.07) is 17.4. The molecule has 2 aliphatic rings. The fourth-order valence-corrected chi connectivity index (χ4v) is 6.91. The fraction of sp³-hybridized carbons (Fsp3) is 0.172. The van der Waals surface area contributed by atoms with Crippen LogP contribution in [0.25, 0.3) is 5.76 Å². The number of ether oxygens (including phenoxy) is 1. The zero-order chi connectivity index (χ0) is 28.0. The molecule has 4 aromatic rings. The summed E-state index contributed by atoms with van der Waals surface area (Å²) in [6.45, 7) is 1.95. The Balaban J connectivity index is 1.39. The molecule has 3 heterocycles. The lowest BCUT2D eigenvalue weighted by Gasteiger charge is -2.22. The summed E-state index contributed by atoms with van der Waals surface area (Å²) in [5.74, 6) is -1.26. The number of benzene rings is 3. The van der Waals surface area contributed by atoms with Crippen molar-refractivity contribution in [2.24, 2.45) is 0 Å². The van der Waals surface area contributed by atoms with E-state index in [9.17, 15) is 19.1 Å². The molecule has 2 unspecified atom stereocenters. The van der Waals surface area contributed by atoms with Gasteiger partial charge in [-0.3, -0.25) is 14.5 Å². The van der Waals surface area contributed by atoms with Crippen molar-refractivity contribution in [2.75, 3.05) is 4.90 Å². The molecule has 0 aliphatic carbocycles. The van der Waals surface area contributed by atoms with Crippen LogP contribution in [0.4, 0.5) is 9.52 Å². The van der Waals surface area contributed by atoms with Crippen LogP contribution in [-0.2, 0) is 21.8 Å². The Morgan fingerprint density at radius 3 is 2.77 bits per heavy atom. The van der Waals surface area contributed by atoms with Gasteiger partial charge < -0.3 is 9.84 Å². The number of carbonyl (C=O) groups is 2. The van der Waals surface area contributed by atoms with Gasteiger partial charge in [-0.15, -0.1) is 10.2 Å². The van der Waals surface area contributed by atoms with E-state index in [0.717, 1.165) is 22.6 Å². The zero-order valence-electron chi connectivity index (χ0n) is 21.0. The number of thioether (sulfide) groups is 1. The third kappa shape index (κ3) is 4.87. The molecule has 0 saturated carbocycles. The highest BCUT2D eigenvalue weighted by atomic mass is 35.5. The van der Waals surface area contributed by atoms with Gasteiger partial charge in [0.1, 0.15) is 23.4 Å². The van der Waals surface area contributed by atoms with Crippen molar-refractivity contribution in [3.8, 4) is 5.75 Å². The average molecular weight is 594 g/mol. The zero-order valence-corrected chi connectivity index (χ0v) is 23.4. The highest BCUT2D eigenvalue weighted by molar-refractivity contribution is 8.00. The van der Waals surface area contributed by atoms with E-state index in [2.05, 4.69) is 10.2 Å². The van der Waals surface area contributed by atoms with Crippen molar-refractivity contribution in [1.82, 2.24) is 10.2 Å². The first-order valence-electron chi connectivity index (χ1n) is 12.4. The largest absolute Gasteiger partial charge is 0.507 e. The molecule has 1 N–H and O–H groups in total. The van der Waals surface area contributed by atoms with Crippen LogP contribution in [0.1, 0.15) is 35.2 Å². The Bertz CT molecular complexity index is 1690. The van der Waals surface area contributed by atoms with E-state index in [1.165, 1.54) is 22.7 Å². The molecule has 2 aliphatic heterocycles. The number of hydrogen-bond donors (Lipinski definition) is 1. The van der Waals surface area contributed by atoms with Gasteiger partial charge in [-0.1, -0.05) is 65.0 Å². The SMILES string of the molecule is CC1Cc2cc(C(O)=C3C(=O)C(=O)N(c4nnc(SCc5ccccc5F)s4)C3c3cccc(Cl)c3)ccc2O1. The first-order chi connectivity index (χ1) is 19.3. The summed E-state index contributed by atoms with van der Waals surface area (Å²) < 4.78 is 20.3. The minimum atomic E-state index is -0.987. The molecule has 1 fully saturated rings. The molecule has 1 amide bonds. The maximum absolute atomic E-state index is 14.1. The van der Waals surface area contributed by atoms with Crippen molar-refractivity contribution in [3.05, 3.63) is 105 Å². The third-order valence-electron chi connectivity index (χ3n) is 6.69. The summed E-state index contributed by atoms with van der Waals surface area (Å²) in [6.07, 6.45) is 0.674. The summed E-state index contributed by atoms with van der Waals surface area (Å²) in [7, 11) is 0. The number of nitrogens with zero attached hydrogens (tertiary/aromatic N) is 3. The normalized spacial score (nSPS) is 19.6. The lowest BCUT2D eigenvalue weighted by molar-refractivity contribution is -0.132. The Labute approximate surface area is 242 Å². The first-order valence-corrected chi connectivity index (χ1v) is 14.5. The highest BCUT2D eigenvalue weighted by Crippen LogP contribution is 2.45. The van der Waals surface area contributed by atoms with Crippen LogP contribution < -0.4 is 9.64 Å². The molecular formula is C29H21ClFN3O4S2. The number of aromatic nitrogens is 2. The monoisotopic (exact) mass is 593 g/mol. The molecule has 0 bridgehead atoms. The van der Waals surface area contributed by atoms with Crippen LogP contribution in [0.5, 0.6) is 5.75 Å². The second kappa shape index (κ2) is 10.7. The summed E-state index contributed by atoms with van der Waals surface area (Å²) in [5, 5.41) is 20.4. The van der Waals surface area contributed by atoms with Crippen LogP contribution in [0.2, 0.25) is 5.02 Å². The lowest BCUT2D eigenvalue weighted by Crippen LogP contribution is -2.29. The second-order valence-corrected chi connectivity index (χ2v) is 12.0. The number of fused-ring (bicyclic) bond motifs is 1. The molecule has 7 nitrogen and oxygen atoms in total. The number of rotatable bonds is 6. The lowest BCUT2D eigenvalue weighted by atomic mass is 9.94. The maximum atomic E-state index is 14.1. The van der Waals surface area contributed by atoms with Crippen molar-refractivity contribution in [2.45, 2.75) is 35.6 Å². The van der Waals surface area contributed by atoms with Crippen molar-refractivity contribution < 1.29 is 23.8 Å². The minimum absolute atomic E-state index is 0.00675. The Morgan fingerprint density at radius 1 is 1.15 bits per heavy atom. The van der Waals surface area contributed by atoms with E-state index in [1.54, 1.807) is 60.7 Å². The van der Waals surface area contributed by atoms with Gasteiger partial charge in [0.2, 0.25) is 5.13 Å². The minimum Gasteiger partial charge on any atom is -0.507 e. The fourth-order valence-electron chi connectivity index (χ4n) is 4.86. The second-order valence-electron chi connectivity index (χ2n) is 9.41. The first kappa shape index (κ1) is 26.5. The van der Waals surface area contributed by atoms with Crippen molar-refractivity contribution >= 4 is 57.3 Å². The number of amides is 1. The Kier molecular flexibility index (Phi) is 7.07. The van der Waals surface area contributed by atoms with Crippen molar-refractivity contribution in [1.29, 1.82) is 0 Å². The molecule has 2 atom stereocenters. The summed E-state index contributed by atoms with van der Waals surface area (Å²) in [5.41, 5.74) is 2.28. The van der Waals surface area contributed by atoms with E-state index in [0.29, 0.717) is 38.2 Å². The molecule has 3 aromatic carbocycles. The van der Waals surface area contributed by atoms with E-state index in [-0.39, 0.29) is 28.4 Å². The number of aliphatic hydroxyl groups is 1. The van der Waals surface area contributed by atoms with E-state index >= 15 is 0 Å². The van der Waals surface area contributed by atoms with Crippen LogP contribution >= 0.6 is 34.7 Å². The number of carbonyl (C=O) groups excluding carboxylic acids is 2. The van der Waals surface area contributed by atoms with Gasteiger partial charge >= 0.3 is 5.91 Å². The van der Waals surface area contributed by atoms with Crippen LogP contribution in [0.15, 0.2) is 76.6 Å². The molecule has 0 radical (unpaired) electrons. The van der Waals surface area contributed by atoms with Gasteiger partial charge in [0.05, 0.1) is 11.6 Å². The Morgan fingerprint density at radius 2 is 1.98 bits per heavy atom. The predicted molar refractivity (Wildman–Crippen MR) is 152 cm³/mol. The topological polar surface area (TPSA) is 92.6 Å². The van der Waals surface area contributed by atoms with Crippen LogP contribution in [0, 0.1) is 5.82 Å². The summed E-state index contributed by atoms with van der Waals surface area (Å²) in [4.78, 5) is 28.1. The molecule has 0 spiro atoms. The van der Waals surface area contributed by atoms with E-state index in [4.69, 9.17) is 16.3 Å². The number of halogens is 2. The Hall–Kier alpha value is -3.73. The number of hydrogen-bond acceptors (Lipinski definition) is 8. The quantitative estimate of drug-likeness (QED) is 0.0888. The predicted octanol–water partition coefficient (Wildman–Crippen LogP) is 6.57. The maximum Gasteiger partial charge on any atom is 0.301 e. The van der Waals surface area contributed by atoms with Gasteiger partial charge in [0.15, 0.2) is 4.34 Å². The molecular weight excluding hydrogens is 573 g/mol. The van der Waals surface area contributed by atoms with Gasteiger partial charge in [-0.2, -0.15) is 0 Å². The van der Waals surface area contributed by atoms with Crippen LogP contribution in [0.3, 0.4) is 0 Å². The van der Waals surface area contributed by atoms with Crippen molar-refractivity contribution in [3.63, 3.8) is 0 Å². The van der Waals surface area contributed by atoms with Gasteiger partial charge in [0.25, 0.3) is 5.78 Å². The number of Topliss-reactive ketones (excluding diaryl/α,β-unsaturated/α-hetero) is 1. The summed E-state index contributed by atoms with van der Waals surface area (Å²) >= 11 is 8.67. The number of anilines is 1. The molecule has 1 aromatic heterocycles. The number of ketones is 1. The number of aliphatic hydroxyl groups excluding tert-OH is 1. The standard InChI is InChI=1S/C29H21ClFN3O4S2/c1-15-11-19-12-17(9-10-22(19)38-15)25(35)23-24(16-6-4-7-20(30)13-16)34(27(37)26(23)36)28-32-33-29(40-28)39-14-18-5-2-3-8-21(18)31/h2-10,12-13,15,24,35H,11,14H2,1H3. The molecule has 6 rings (SSSR count). The molecule has 11 heteroatoms. The average Bonchev–Trinajstić information content (AvgIpc) is 3.63. The molecule has 40 heavy (non-hydrogen) atoms. The van der Waals surface area contributed by atoms with Crippen LogP contribution in [-0.4, -0.2) is 33.1 Å². The molecule has 1 saturated heterocycles. The van der Waals surface area contributed by atoms with Gasteiger partial charge in [0, 0.05) is 22.8 Å². The highest BCUT2D eigenvalue weighted by Gasteiger charge is 2.48. The molecule has 202 valence electrons. The van der Waals surface area contributed by atoms with E-state index in [1.807, 2.05) is 6.92 Å². The van der Waals surface area contributed by atoms with E-state index < -0.39 is 17.7 Å². The third-order valence-corrected chi connectivity index (χ3v) is 9.03. The van der Waals surface area contributed by atoms with Gasteiger partial charge in [-0.05, 0) is 60.0 Å². The smallest absolute Gasteiger partial charge is 0.301 e. The van der Waals surface area contributed by atoms with Gasteiger partial charge in [-0.25, -0.2) is 4.39 Å².